The van der Waals surface area contributed by atoms with Crippen molar-refractivity contribution < 1.29 is 0 Å². The molecule has 0 aliphatic rings. The second kappa shape index (κ2) is 5.06. The molecule has 2 aromatic carbocycles. The molecule has 0 amide bonds. The van der Waals surface area contributed by atoms with Gasteiger partial charge in [0.1, 0.15) is 5.82 Å². The largest absolute Gasteiger partial charge is 0.362 e. The Kier molecular flexibility index (Phi) is 3.11. The van der Waals surface area contributed by atoms with Crippen LogP contribution in [-0.2, 0) is 0 Å². The Morgan fingerprint density at radius 1 is 0.895 bits per heavy atom. The van der Waals surface area contributed by atoms with Gasteiger partial charge in [-0.25, -0.2) is 4.98 Å². The molecule has 3 nitrogen and oxygen atoms in total. The van der Waals surface area contributed by atoms with Gasteiger partial charge < -0.3 is 5.32 Å². The van der Waals surface area contributed by atoms with Crippen LogP contribution in [0.3, 0.4) is 0 Å². The maximum atomic E-state index is 4.57. The molecule has 3 rings (SSSR count). The highest BCUT2D eigenvalue weighted by atomic mass is 15.0. The van der Waals surface area contributed by atoms with Crippen LogP contribution >= 0.6 is 0 Å². The Hall–Kier alpha value is -2.42. The number of aromatic nitrogens is 2. The van der Waals surface area contributed by atoms with Crippen molar-refractivity contribution in [2.24, 2.45) is 0 Å². The van der Waals surface area contributed by atoms with Crippen LogP contribution in [0, 0.1) is 0 Å². The average Bonchev–Trinajstić information content (AvgIpc) is 2.48. The number of para-hydroxylation sites is 2. The summed E-state index contributed by atoms with van der Waals surface area (Å²) >= 11 is 0. The zero-order valence-electron chi connectivity index (χ0n) is 10.7. The highest BCUT2D eigenvalue weighted by Gasteiger charge is 2.06. The molecule has 0 saturated heterocycles. The molecule has 0 aliphatic heterocycles. The summed E-state index contributed by atoms with van der Waals surface area (Å²) in [6, 6.07) is 18.4. The molecular weight excluding hydrogens is 234 g/mol. The first-order chi connectivity index (χ1) is 9.33. The van der Waals surface area contributed by atoms with Crippen molar-refractivity contribution >= 4 is 16.9 Å². The van der Waals surface area contributed by atoms with Gasteiger partial charge in [0.2, 0.25) is 0 Å². The van der Waals surface area contributed by atoms with E-state index in [1.165, 1.54) is 5.56 Å². The van der Waals surface area contributed by atoms with E-state index in [1.807, 2.05) is 42.5 Å². The molecule has 0 bridgehead atoms. The molecule has 0 saturated carbocycles. The summed E-state index contributed by atoms with van der Waals surface area (Å²) in [6.07, 6.45) is 1.78. The predicted molar refractivity (Wildman–Crippen MR) is 78.0 cm³/mol. The number of anilines is 1. The van der Waals surface area contributed by atoms with E-state index in [0.29, 0.717) is 0 Å². The first kappa shape index (κ1) is 11.7. The van der Waals surface area contributed by atoms with Gasteiger partial charge in [0.05, 0.1) is 17.2 Å². The van der Waals surface area contributed by atoms with Gasteiger partial charge in [0, 0.05) is 6.04 Å². The normalized spacial score (nSPS) is 12.3. The molecule has 0 fully saturated rings. The van der Waals surface area contributed by atoms with Gasteiger partial charge >= 0.3 is 0 Å². The third-order valence-corrected chi connectivity index (χ3v) is 3.11. The fraction of sp³-hybridized carbons (Fsp3) is 0.125. The number of fused-ring (bicyclic) bond motifs is 1. The monoisotopic (exact) mass is 249 g/mol. The lowest BCUT2D eigenvalue weighted by atomic mass is 10.1. The minimum Gasteiger partial charge on any atom is -0.362 e. The number of nitrogens with zero attached hydrogens (tertiary/aromatic N) is 2. The van der Waals surface area contributed by atoms with Crippen LogP contribution in [0.25, 0.3) is 11.0 Å². The average molecular weight is 249 g/mol. The summed E-state index contributed by atoms with van der Waals surface area (Å²) < 4.78 is 0. The third kappa shape index (κ3) is 2.55. The van der Waals surface area contributed by atoms with Crippen LogP contribution in [0.4, 0.5) is 5.82 Å². The number of benzene rings is 2. The van der Waals surface area contributed by atoms with Crippen LogP contribution in [-0.4, -0.2) is 9.97 Å². The van der Waals surface area contributed by atoms with Crippen LogP contribution in [0.2, 0.25) is 0 Å². The molecule has 0 aliphatic carbocycles. The summed E-state index contributed by atoms with van der Waals surface area (Å²) in [7, 11) is 0. The highest BCUT2D eigenvalue weighted by molar-refractivity contribution is 5.75. The van der Waals surface area contributed by atoms with Gasteiger partial charge in [-0.1, -0.05) is 42.5 Å². The molecule has 3 heteroatoms. The van der Waals surface area contributed by atoms with E-state index < -0.39 is 0 Å². The Labute approximate surface area is 112 Å². The summed E-state index contributed by atoms with van der Waals surface area (Å²) in [5, 5.41) is 3.38. The van der Waals surface area contributed by atoms with E-state index >= 15 is 0 Å². The van der Waals surface area contributed by atoms with Crippen molar-refractivity contribution in [2.75, 3.05) is 5.32 Å². The molecule has 94 valence electrons. The van der Waals surface area contributed by atoms with Crippen LogP contribution < -0.4 is 5.32 Å². The van der Waals surface area contributed by atoms with Crippen molar-refractivity contribution in [1.82, 2.24) is 9.97 Å². The Morgan fingerprint density at radius 3 is 2.37 bits per heavy atom. The lowest BCUT2D eigenvalue weighted by Gasteiger charge is -2.14. The minimum atomic E-state index is 0.205. The first-order valence-corrected chi connectivity index (χ1v) is 6.36. The Bertz CT molecular complexity index is 680. The third-order valence-electron chi connectivity index (χ3n) is 3.11. The predicted octanol–water partition coefficient (Wildman–Crippen LogP) is 3.80. The van der Waals surface area contributed by atoms with E-state index in [9.17, 15) is 0 Å². The lowest BCUT2D eigenvalue weighted by molar-refractivity contribution is 0.874. The standard InChI is InChI=1S/C16H15N3/c1-12(13-7-3-2-4-8-13)18-16-11-17-14-9-5-6-10-15(14)19-16/h2-12H,1H3,(H,18,19). The summed E-state index contributed by atoms with van der Waals surface area (Å²) in [4.78, 5) is 8.97. The van der Waals surface area contributed by atoms with Crippen molar-refractivity contribution in [3.05, 3.63) is 66.4 Å². The summed E-state index contributed by atoms with van der Waals surface area (Å²) in [5.74, 6) is 0.801. The van der Waals surface area contributed by atoms with Crippen LogP contribution in [0.5, 0.6) is 0 Å². The fourth-order valence-electron chi connectivity index (χ4n) is 2.07. The topological polar surface area (TPSA) is 37.8 Å². The van der Waals surface area contributed by atoms with Gasteiger partial charge in [0.15, 0.2) is 0 Å². The van der Waals surface area contributed by atoms with Gasteiger partial charge in [-0.05, 0) is 24.6 Å². The van der Waals surface area contributed by atoms with E-state index in [0.717, 1.165) is 16.9 Å². The van der Waals surface area contributed by atoms with E-state index in [1.54, 1.807) is 6.20 Å². The zero-order valence-corrected chi connectivity index (χ0v) is 10.7. The number of rotatable bonds is 3. The van der Waals surface area contributed by atoms with Crippen molar-refractivity contribution in [2.45, 2.75) is 13.0 Å². The lowest BCUT2D eigenvalue weighted by Crippen LogP contribution is -2.08. The van der Waals surface area contributed by atoms with Gasteiger partial charge in [-0.2, -0.15) is 0 Å². The second-order valence-corrected chi connectivity index (χ2v) is 4.52. The van der Waals surface area contributed by atoms with E-state index in [-0.39, 0.29) is 6.04 Å². The van der Waals surface area contributed by atoms with Crippen molar-refractivity contribution in [3.8, 4) is 0 Å². The van der Waals surface area contributed by atoms with Crippen molar-refractivity contribution in [3.63, 3.8) is 0 Å². The summed E-state index contributed by atoms with van der Waals surface area (Å²) in [5.41, 5.74) is 3.06. The Morgan fingerprint density at radius 2 is 1.58 bits per heavy atom. The second-order valence-electron chi connectivity index (χ2n) is 4.52. The first-order valence-electron chi connectivity index (χ1n) is 6.36. The van der Waals surface area contributed by atoms with Gasteiger partial charge in [-0.15, -0.1) is 0 Å². The maximum Gasteiger partial charge on any atom is 0.145 e. The Balaban J connectivity index is 1.85. The molecule has 1 atom stereocenters. The van der Waals surface area contributed by atoms with Gasteiger partial charge in [0.25, 0.3) is 0 Å². The van der Waals surface area contributed by atoms with Crippen LogP contribution in [0.15, 0.2) is 60.8 Å². The van der Waals surface area contributed by atoms with E-state index in [4.69, 9.17) is 0 Å². The summed E-state index contributed by atoms with van der Waals surface area (Å²) in [6.45, 7) is 2.12. The van der Waals surface area contributed by atoms with Crippen LogP contribution in [0.1, 0.15) is 18.5 Å². The number of hydrogen-bond donors (Lipinski definition) is 1. The maximum absolute atomic E-state index is 4.57. The van der Waals surface area contributed by atoms with Crippen molar-refractivity contribution in [1.29, 1.82) is 0 Å². The molecule has 1 heterocycles. The molecule has 0 spiro atoms. The molecule has 1 N–H and O–H groups in total. The molecule has 1 aromatic heterocycles. The van der Waals surface area contributed by atoms with Gasteiger partial charge in [-0.3, -0.25) is 4.98 Å². The smallest absolute Gasteiger partial charge is 0.145 e. The minimum absolute atomic E-state index is 0.205. The molecule has 0 radical (unpaired) electrons. The molecule has 19 heavy (non-hydrogen) atoms. The molecular formula is C16H15N3. The molecule has 3 aromatic rings. The number of nitrogens with one attached hydrogen (secondary N) is 1. The zero-order chi connectivity index (χ0) is 13.1. The number of hydrogen-bond acceptors (Lipinski definition) is 3. The molecule has 1 unspecified atom stereocenters. The SMILES string of the molecule is CC(Nc1cnc2ccccc2n1)c1ccccc1. The quantitative estimate of drug-likeness (QED) is 0.767. The van der Waals surface area contributed by atoms with E-state index in [2.05, 4.69) is 34.3 Å². The fourth-order valence-corrected chi connectivity index (χ4v) is 2.07. The highest BCUT2D eigenvalue weighted by Crippen LogP contribution is 2.18.